The van der Waals surface area contributed by atoms with Gasteiger partial charge in [-0.3, -0.25) is 4.79 Å². The third-order valence-corrected chi connectivity index (χ3v) is 5.19. The molecule has 1 unspecified atom stereocenters. The average molecular weight is 400 g/mol. The number of aliphatic hydroxyl groups excluding tert-OH is 1. The lowest BCUT2D eigenvalue weighted by atomic mass is 9.99. The molecule has 0 aliphatic heterocycles. The van der Waals surface area contributed by atoms with E-state index in [2.05, 4.69) is 11.4 Å². The third kappa shape index (κ3) is 4.74. The number of aromatic hydroxyl groups is 1. The zero-order chi connectivity index (χ0) is 21.7. The summed E-state index contributed by atoms with van der Waals surface area (Å²) in [4.78, 5) is 11.5. The number of phenols is 1. The Labute approximate surface area is 176 Å². The van der Waals surface area contributed by atoms with E-state index in [-0.39, 0.29) is 11.5 Å². The van der Waals surface area contributed by atoms with Gasteiger partial charge in [-0.2, -0.15) is 5.26 Å². The summed E-state index contributed by atoms with van der Waals surface area (Å²) in [6, 6.07) is 20.2. The molecule has 0 fully saturated rings. The summed E-state index contributed by atoms with van der Waals surface area (Å²) < 4.78 is 0. The fourth-order valence-corrected chi connectivity index (χ4v) is 3.35. The number of carbonyl (C=O) groups excluding carboxylic acids is 1. The second kappa shape index (κ2) is 9.36. The first-order valence-corrected chi connectivity index (χ1v) is 9.70. The van der Waals surface area contributed by atoms with Gasteiger partial charge in [0.2, 0.25) is 0 Å². The number of phenolic OH excluding ortho intramolecular Hbond substituents is 1. The van der Waals surface area contributed by atoms with E-state index in [1.807, 2.05) is 30.3 Å². The average Bonchev–Trinajstić information content (AvgIpc) is 2.76. The Morgan fingerprint density at radius 1 is 1.07 bits per heavy atom. The lowest BCUT2D eigenvalue weighted by molar-refractivity contribution is 0.101. The molecule has 1 atom stereocenters. The van der Waals surface area contributed by atoms with Gasteiger partial charge in [0.1, 0.15) is 11.9 Å². The van der Waals surface area contributed by atoms with Crippen molar-refractivity contribution in [2.24, 2.45) is 0 Å². The van der Waals surface area contributed by atoms with Crippen LogP contribution in [0.2, 0.25) is 0 Å². The summed E-state index contributed by atoms with van der Waals surface area (Å²) in [7, 11) is 0. The van der Waals surface area contributed by atoms with Crippen molar-refractivity contribution >= 4 is 5.78 Å². The molecule has 152 valence electrons. The molecule has 5 nitrogen and oxygen atoms in total. The highest BCUT2D eigenvalue weighted by Crippen LogP contribution is 2.26. The van der Waals surface area contributed by atoms with Gasteiger partial charge in [-0.15, -0.1) is 0 Å². The zero-order valence-electron chi connectivity index (χ0n) is 17.0. The van der Waals surface area contributed by atoms with Gasteiger partial charge in [0.15, 0.2) is 5.78 Å². The number of hydrogen-bond donors (Lipinski definition) is 3. The van der Waals surface area contributed by atoms with Crippen LogP contribution in [0.25, 0.3) is 0 Å². The maximum Gasteiger partial charge on any atom is 0.163 e. The van der Waals surface area contributed by atoms with Gasteiger partial charge in [0, 0.05) is 13.1 Å². The van der Waals surface area contributed by atoms with Crippen LogP contribution in [-0.4, -0.2) is 16.0 Å². The fraction of sp³-hybridized carbons (Fsp3) is 0.200. The van der Waals surface area contributed by atoms with E-state index in [0.29, 0.717) is 35.3 Å². The summed E-state index contributed by atoms with van der Waals surface area (Å²) >= 11 is 0. The molecule has 0 heterocycles. The summed E-state index contributed by atoms with van der Waals surface area (Å²) in [6.45, 7) is 4.42. The van der Waals surface area contributed by atoms with E-state index < -0.39 is 6.10 Å². The van der Waals surface area contributed by atoms with Gasteiger partial charge < -0.3 is 15.5 Å². The molecule has 0 saturated carbocycles. The van der Waals surface area contributed by atoms with E-state index in [1.165, 1.54) is 6.92 Å². The molecule has 0 radical (unpaired) electrons. The Morgan fingerprint density at radius 3 is 2.47 bits per heavy atom. The number of rotatable bonds is 7. The van der Waals surface area contributed by atoms with Crippen LogP contribution in [0.1, 0.15) is 56.8 Å². The number of benzene rings is 3. The molecular formula is C25H24N2O3. The highest BCUT2D eigenvalue weighted by Gasteiger charge is 2.13. The zero-order valence-corrected chi connectivity index (χ0v) is 17.0. The summed E-state index contributed by atoms with van der Waals surface area (Å²) in [5, 5.41) is 33.1. The van der Waals surface area contributed by atoms with Crippen LogP contribution in [0.4, 0.5) is 0 Å². The SMILES string of the molecule is CC(=O)c1ccc(CNCc2ccc(C(O)c3cccc(C#N)c3)cc2)c(C)c1O. The fourth-order valence-electron chi connectivity index (χ4n) is 3.35. The highest BCUT2D eigenvalue weighted by molar-refractivity contribution is 5.97. The first kappa shape index (κ1) is 21.3. The van der Waals surface area contributed by atoms with Crippen LogP contribution in [0, 0.1) is 18.3 Å². The smallest absolute Gasteiger partial charge is 0.163 e. The Morgan fingerprint density at radius 2 is 1.80 bits per heavy atom. The molecule has 0 bridgehead atoms. The lowest BCUT2D eigenvalue weighted by Crippen LogP contribution is -2.14. The van der Waals surface area contributed by atoms with Gasteiger partial charge in [0.05, 0.1) is 17.2 Å². The van der Waals surface area contributed by atoms with Crippen molar-refractivity contribution in [2.75, 3.05) is 0 Å². The molecule has 3 rings (SSSR count). The number of carbonyl (C=O) groups is 1. The van der Waals surface area contributed by atoms with Crippen LogP contribution in [0.3, 0.4) is 0 Å². The van der Waals surface area contributed by atoms with Crippen LogP contribution in [0.15, 0.2) is 60.7 Å². The lowest BCUT2D eigenvalue weighted by Gasteiger charge is -2.13. The molecule has 5 heteroatoms. The largest absolute Gasteiger partial charge is 0.507 e. The molecule has 3 aromatic carbocycles. The molecule has 0 amide bonds. The van der Waals surface area contributed by atoms with Crippen molar-refractivity contribution < 1.29 is 15.0 Å². The van der Waals surface area contributed by atoms with E-state index in [9.17, 15) is 15.0 Å². The highest BCUT2D eigenvalue weighted by atomic mass is 16.3. The number of hydrogen-bond acceptors (Lipinski definition) is 5. The van der Waals surface area contributed by atoms with Gasteiger partial charge in [0.25, 0.3) is 0 Å². The molecule has 0 aliphatic rings. The molecule has 0 aliphatic carbocycles. The molecule has 0 spiro atoms. The van der Waals surface area contributed by atoms with Gasteiger partial charge >= 0.3 is 0 Å². The first-order valence-electron chi connectivity index (χ1n) is 9.70. The van der Waals surface area contributed by atoms with Crippen molar-refractivity contribution in [3.8, 4) is 11.8 Å². The predicted octanol–water partition coefficient (Wildman–Crippen LogP) is 4.15. The van der Waals surface area contributed by atoms with Crippen molar-refractivity contribution in [3.63, 3.8) is 0 Å². The van der Waals surface area contributed by atoms with E-state index >= 15 is 0 Å². The topological polar surface area (TPSA) is 93.4 Å². The van der Waals surface area contributed by atoms with E-state index in [0.717, 1.165) is 16.7 Å². The number of nitrogens with zero attached hydrogens (tertiary/aromatic N) is 1. The quantitative estimate of drug-likeness (QED) is 0.518. The van der Waals surface area contributed by atoms with E-state index in [1.54, 1.807) is 37.3 Å². The van der Waals surface area contributed by atoms with Crippen molar-refractivity contribution in [2.45, 2.75) is 33.0 Å². The van der Waals surface area contributed by atoms with Crippen LogP contribution in [0.5, 0.6) is 5.75 Å². The molecule has 3 aromatic rings. The maximum absolute atomic E-state index is 11.5. The number of nitrogens with one attached hydrogen (secondary N) is 1. The predicted molar refractivity (Wildman–Crippen MR) is 115 cm³/mol. The molecule has 3 N–H and O–H groups in total. The van der Waals surface area contributed by atoms with Crippen LogP contribution in [-0.2, 0) is 13.1 Å². The van der Waals surface area contributed by atoms with Gasteiger partial charge in [-0.25, -0.2) is 0 Å². The van der Waals surface area contributed by atoms with Crippen molar-refractivity contribution in [1.82, 2.24) is 5.32 Å². The van der Waals surface area contributed by atoms with Crippen molar-refractivity contribution in [3.05, 3.63) is 99.6 Å². The Balaban J connectivity index is 1.62. The van der Waals surface area contributed by atoms with Crippen LogP contribution < -0.4 is 5.32 Å². The Bertz CT molecular complexity index is 1100. The Kier molecular flexibility index (Phi) is 6.63. The minimum atomic E-state index is -0.786. The summed E-state index contributed by atoms with van der Waals surface area (Å²) in [6.07, 6.45) is -0.786. The monoisotopic (exact) mass is 400 g/mol. The number of aliphatic hydroxyl groups is 1. The first-order chi connectivity index (χ1) is 14.4. The maximum atomic E-state index is 11.5. The second-order valence-corrected chi connectivity index (χ2v) is 7.29. The minimum absolute atomic E-state index is 0.0422. The van der Waals surface area contributed by atoms with Gasteiger partial charge in [-0.05, 0) is 59.9 Å². The summed E-state index contributed by atoms with van der Waals surface area (Å²) in [5.41, 5.74) is 4.99. The number of Topliss-reactive ketones (excluding diaryl/α,β-unsaturated/α-hetero) is 1. The van der Waals surface area contributed by atoms with Crippen molar-refractivity contribution in [1.29, 1.82) is 5.26 Å². The molecular weight excluding hydrogens is 376 g/mol. The molecule has 0 aromatic heterocycles. The number of nitriles is 1. The van der Waals surface area contributed by atoms with Crippen LogP contribution >= 0.6 is 0 Å². The van der Waals surface area contributed by atoms with Gasteiger partial charge in [-0.1, -0.05) is 42.5 Å². The Hall–Kier alpha value is -3.46. The van der Waals surface area contributed by atoms with E-state index in [4.69, 9.17) is 5.26 Å². The summed E-state index contributed by atoms with van der Waals surface area (Å²) in [5.74, 6) is -0.114. The standard InChI is InChI=1S/C25H24N2O3/c1-16-22(10-11-23(17(2)28)24(16)29)15-27-14-18-6-8-20(9-7-18)25(30)21-5-3-4-19(12-21)13-26/h3-12,25,27,29-30H,14-15H2,1-2H3. The third-order valence-electron chi connectivity index (χ3n) is 5.19. The number of ketones is 1. The molecule has 0 saturated heterocycles. The molecule has 30 heavy (non-hydrogen) atoms. The second-order valence-electron chi connectivity index (χ2n) is 7.29. The normalized spacial score (nSPS) is 11.7. The minimum Gasteiger partial charge on any atom is -0.507 e.